The molecule has 0 radical (unpaired) electrons. The van der Waals surface area contributed by atoms with Gasteiger partial charge in [0.1, 0.15) is 4.99 Å². The van der Waals surface area contributed by atoms with Crippen LogP contribution in [-0.2, 0) is 9.47 Å². The predicted octanol–water partition coefficient (Wildman–Crippen LogP) is 6.60. The van der Waals surface area contributed by atoms with Crippen LogP contribution in [0, 0.1) is 6.92 Å². The Bertz CT molecular complexity index is 599. The van der Waals surface area contributed by atoms with Crippen LogP contribution in [0.5, 0.6) is 0 Å². The minimum absolute atomic E-state index is 0.797. The highest BCUT2D eigenvalue weighted by atomic mass is 32.2. The Morgan fingerprint density at radius 2 is 1.56 bits per heavy atom. The van der Waals surface area contributed by atoms with E-state index in [2.05, 4.69) is 48.9 Å². The second-order valence-corrected chi connectivity index (χ2v) is 9.65. The molecule has 1 rings (SSSR count). The normalized spacial score (nSPS) is 11.0. The molecule has 0 amide bonds. The predicted molar refractivity (Wildman–Crippen MR) is 147 cm³/mol. The Kier molecular flexibility index (Phi) is 19.0. The summed E-state index contributed by atoms with van der Waals surface area (Å²) in [5.41, 5.74) is 3.51. The van der Waals surface area contributed by atoms with Crippen LogP contribution in [0.15, 0.2) is 18.2 Å². The fourth-order valence-electron chi connectivity index (χ4n) is 3.30. The van der Waals surface area contributed by atoms with Crippen LogP contribution in [-0.4, -0.2) is 56.5 Å². The SMILES string of the molecule is CCCCCCCOCCCOCCCCNc1cc(C(=S)NCCCSC)ccc1C. The van der Waals surface area contributed by atoms with Crippen molar-refractivity contribution in [2.45, 2.75) is 71.6 Å². The number of anilines is 1. The third-order valence-electron chi connectivity index (χ3n) is 5.31. The van der Waals surface area contributed by atoms with E-state index in [1.807, 2.05) is 11.8 Å². The first kappa shape index (κ1) is 29.2. The van der Waals surface area contributed by atoms with E-state index in [4.69, 9.17) is 21.7 Å². The van der Waals surface area contributed by atoms with Crippen molar-refractivity contribution >= 4 is 34.7 Å². The van der Waals surface area contributed by atoms with Crippen molar-refractivity contribution in [2.75, 3.05) is 56.8 Å². The van der Waals surface area contributed by atoms with Crippen molar-refractivity contribution in [3.05, 3.63) is 29.3 Å². The van der Waals surface area contributed by atoms with Gasteiger partial charge in [-0.15, -0.1) is 0 Å². The lowest BCUT2D eigenvalue weighted by Crippen LogP contribution is -2.24. The second kappa shape index (κ2) is 20.8. The van der Waals surface area contributed by atoms with Crippen molar-refractivity contribution in [1.29, 1.82) is 0 Å². The lowest BCUT2D eigenvalue weighted by Gasteiger charge is -2.13. The number of benzene rings is 1. The molecule has 0 bridgehead atoms. The molecule has 0 heterocycles. The van der Waals surface area contributed by atoms with E-state index < -0.39 is 0 Å². The second-order valence-electron chi connectivity index (χ2n) is 8.26. The Morgan fingerprint density at radius 1 is 0.875 bits per heavy atom. The van der Waals surface area contributed by atoms with Crippen molar-refractivity contribution in [2.24, 2.45) is 0 Å². The molecule has 0 atom stereocenters. The van der Waals surface area contributed by atoms with E-state index in [0.717, 1.165) is 81.5 Å². The zero-order chi connectivity index (χ0) is 23.3. The highest BCUT2D eigenvalue weighted by molar-refractivity contribution is 7.98. The summed E-state index contributed by atoms with van der Waals surface area (Å²) in [5.74, 6) is 1.16. The topological polar surface area (TPSA) is 42.5 Å². The van der Waals surface area contributed by atoms with Gasteiger partial charge in [-0.3, -0.25) is 0 Å². The summed E-state index contributed by atoms with van der Waals surface area (Å²) in [7, 11) is 0. The van der Waals surface area contributed by atoms with Crippen LogP contribution in [0.25, 0.3) is 0 Å². The van der Waals surface area contributed by atoms with Gasteiger partial charge in [0.05, 0.1) is 0 Å². The molecule has 32 heavy (non-hydrogen) atoms. The fraction of sp³-hybridized carbons (Fsp3) is 0.731. The van der Waals surface area contributed by atoms with E-state index in [1.165, 1.54) is 43.4 Å². The molecule has 0 aliphatic carbocycles. The van der Waals surface area contributed by atoms with Crippen molar-refractivity contribution < 1.29 is 9.47 Å². The number of thioether (sulfide) groups is 1. The molecule has 0 saturated heterocycles. The van der Waals surface area contributed by atoms with Gasteiger partial charge in [-0.1, -0.05) is 57.0 Å². The number of rotatable bonds is 21. The first-order chi connectivity index (χ1) is 15.7. The van der Waals surface area contributed by atoms with Crippen LogP contribution in [0.2, 0.25) is 0 Å². The molecular weight excluding hydrogens is 436 g/mol. The van der Waals surface area contributed by atoms with Gasteiger partial charge < -0.3 is 20.1 Å². The zero-order valence-corrected chi connectivity index (χ0v) is 22.3. The number of hydrogen-bond donors (Lipinski definition) is 2. The van der Waals surface area contributed by atoms with Gasteiger partial charge in [-0.25, -0.2) is 0 Å². The monoisotopic (exact) mass is 482 g/mol. The molecule has 0 fully saturated rings. The van der Waals surface area contributed by atoms with Gasteiger partial charge in [0.2, 0.25) is 0 Å². The first-order valence-electron chi connectivity index (χ1n) is 12.5. The minimum atomic E-state index is 0.797. The average Bonchev–Trinajstić information content (AvgIpc) is 2.80. The molecule has 6 heteroatoms. The van der Waals surface area contributed by atoms with Crippen molar-refractivity contribution in [3.63, 3.8) is 0 Å². The van der Waals surface area contributed by atoms with E-state index in [-0.39, 0.29) is 0 Å². The number of hydrogen-bond acceptors (Lipinski definition) is 5. The summed E-state index contributed by atoms with van der Waals surface area (Å²) in [6, 6.07) is 6.41. The molecule has 0 aliphatic rings. The molecule has 1 aromatic carbocycles. The molecule has 1 aromatic rings. The van der Waals surface area contributed by atoms with Crippen LogP contribution in [0.3, 0.4) is 0 Å². The van der Waals surface area contributed by atoms with Gasteiger partial charge in [-0.2, -0.15) is 11.8 Å². The van der Waals surface area contributed by atoms with E-state index in [0.29, 0.717) is 0 Å². The minimum Gasteiger partial charge on any atom is -0.385 e. The Morgan fingerprint density at radius 3 is 2.28 bits per heavy atom. The van der Waals surface area contributed by atoms with E-state index >= 15 is 0 Å². The molecular formula is C26H46N2O2S2. The average molecular weight is 483 g/mol. The third-order valence-corrected chi connectivity index (χ3v) is 6.39. The summed E-state index contributed by atoms with van der Waals surface area (Å²) < 4.78 is 11.4. The van der Waals surface area contributed by atoms with E-state index in [1.54, 1.807) is 0 Å². The van der Waals surface area contributed by atoms with Crippen molar-refractivity contribution in [3.8, 4) is 0 Å². The Balaban J connectivity index is 2.05. The summed E-state index contributed by atoms with van der Waals surface area (Å²) in [5, 5.41) is 6.93. The standard InChI is InChI=1S/C26H46N2O2S2/c1-4-5-6-7-9-17-29-19-12-20-30-18-10-8-15-27-25-22-24(14-13-23(25)2)26(31)28-16-11-21-32-3/h13-14,22,27H,4-12,15-21H2,1-3H3,(H,28,31). The summed E-state index contributed by atoms with van der Waals surface area (Å²) >= 11 is 7.42. The number of unbranched alkanes of at least 4 members (excludes halogenated alkanes) is 5. The third kappa shape index (κ3) is 15.1. The van der Waals surface area contributed by atoms with Crippen LogP contribution < -0.4 is 10.6 Å². The van der Waals surface area contributed by atoms with E-state index in [9.17, 15) is 0 Å². The molecule has 184 valence electrons. The van der Waals surface area contributed by atoms with Gasteiger partial charge in [0.25, 0.3) is 0 Å². The maximum Gasteiger partial charge on any atom is 0.106 e. The van der Waals surface area contributed by atoms with Crippen LogP contribution in [0.1, 0.15) is 75.8 Å². The van der Waals surface area contributed by atoms with Gasteiger partial charge in [-0.05, 0) is 62.7 Å². The quantitative estimate of drug-likeness (QED) is 0.152. The molecule has 0 unspecified atom stereocenters. The lowest BCUT2D eigenvalue weighted by molar-refractivity contribution is 0.0799. The smallest absolute Gasteiger partial charge is 0.106 e. The van der Waals surface area contributed by atoms with Crippen LogP contribution in [0.4, 0.5) is 5.69 Å². The zero-order valence-electron chi connectivity index (χ0n) is 20.7. The molecule has 0 spiro atoms. The molecule has 0 aliphatic heterocycles. The highest BCUT2D eigenvalue weighted by Crippen LogP contribution is 2.17. The van der Waals surface area contributed by atoms with Gasteiger partial charge in [0, 0.05) is 50.8 Å². The summed E-state index contributed by atoms with van der Waals surface area (Å²) in [6.07, 6.45) is 12.9. The van der Waals surface area contributed by atoms with Gasteiger partial charge >= 0.3 is 0 Å². The Hall–Kier alpha value is -0.820. The molecule has 2 N–H and O–H groups in total. The molecule has 4 nitrogen and oxygen atoms in total. The largest absolute Gasteiger partial charge is 0.385 e. The summed E-state index contributed by atoms with van der Waals surface area (Å²) in [6.45, 7) is 9.60. The van der Waals surface area contributed by atoms with Crippen LogP contribution >= 0.6 is 24.0 Å². The fourth-order valence-corrected chi connectivity index (χ4v) is 3.96. The highest BCUT2D eigenvalue weighted by Gasteiger charge is 2.05. The molecule has 0 saturated carbocycles. The molecule has 0 aromatic heterocycles. The maximum atomic E-state index is 5.74. The number of thiocarbonyl (C=S) groups is 1. The number of nitrogens with one attached hydrogen (secondary N) is 2. The van der Waals surface area contributed by atoms with Gasteiger partial charge in [0.15, 0.2) is 0 Å². The first-order valence-corrected chi connectivity index (χ1v) is 14.3. The lowest BCUT2D eigenvalue weighted by atomic mass is 10.1. The number of aryl methyl sites for hydroxylation is 1. The maximum absolute atomic E-state index is 5.74. The summed E-state index contributed by atoms with van der Waals surface area (Å²) in [4.78, 5) is 0.836. The Labute approximate surface area is 207 Å². The van der Waals surface area contributed by atoms with Crippen molar-refractivity contribution in [1.82, 2.24) is 5.32 Å². The number of ether oxygens (including phenoxy) is 2.